The van der Waals surface area contributed by atoms with Crippen LogP contribution in [0.3, 0.4) is 0 Å². The van der Waals surface area contributed by atoms with Crippen molar-refractivity contribution in [3.05, 3.63) is 83.2 Å². The van der Waals surface area contributed by atoms with Crippen LogP contribution < -0.4 is 10.5 Å². The molecule has 0 saturated heterocycles. The van der Waals surface area contributed by atoms with Crippen molar-refractivity contribution in [3.63, 3.8) is 0 Å². The van der Waals surface area contributed by atoms with Gasteiger partial charge in [-0.25, -0.2) is 9.37 Å². The summed E-state index contributed by atoms with van der Waals surface area (Å²) in [5.74, 6) is -0.0281. The number of carbonyl (C=O) groups excluding carboxylic acids is 1. The molecule has 8 heteroatoms. The summed E-state index contributed by atoms with van der Waals surface area (Å²) < 4.78 is 20.7. The average molecular weight is 445 g/mol. The number of nitrogens with zero attached hydrogens (tertiary/aromatic N) is 3. The molecule has 3 N–H and O–H groups in total. The van der Waals surface area contributed by atoms with Gasteiger partial charge in [-0.15, -0.1) is 0 Å². The lowest BCUT2D eigenvalue weighted by molar-refractivity contribution is -0.133. The Morgan fingerprint density at radius 1 is 1.24 bits per heavy atom. The van der Waals surface area contributed by atoms with E-state index in [1.807, 2.05) is 25.3 Å². The molecule has 1 aromatic carbocycles. The van der Waals surface area contributed by atoms with Crippen molar-refractivity contribution < 1.29 is 13.9 Å². The van der Waals surface area contributed by atoms with E-state index in [9.17, 15) is 9.18 Å². The van der Waals surface area contributed by atoms with E-state index in [1.165, 1.54) is 6.07 Å². The van der Waals surface area contributed by atoms with Crippen molar-refractivity contribution in [3.8, 4) is 11.5 Å². The highest BCUT2D eigenvalue weighted by atomic mass is 19.1. The third-order valence-corrected chi connectivity index (χ3v) is 6.00. The molecule has 7 nitrogen and oxygen atoms in total. The van der Waals surface area contributed by atoms with Crippen LogP contribution in [0, 0.1) is 12.7 Å². The molecule has 0 radical (unpaired) electrons. The minimum absolute atomic E-state index is 0.104. The van der Waals surface area contributed by atoms with Gasteiger partial charge in [0.2, 0.25) is 5.91 Å². The molecule has 0 spiro atoms. The van der Waals surface area contributed by atoms with Crippen molar-refractivity contribution >= 4 is 16.9 Å². The number of aryl methyl sites for hydroxylation is 1. The molecular weight excluding hydrogens is 421 g/mol. The van der Waals surface area contributed by atoms with Gasteiger partial charge in [0.15, 0.2) is 11.6 Å². The normalized spacial score (nSPS) is 14.2. The lowest BCUT2D eigenvalue weighted by Gasteiger charge is -2.30. The number of nitrogens with two attached hydrogens (primary N) is 1. The number of hydrogen-bond acceptors (Lipinski definition) is 5. The number of rotatable bonds is 5. The zero-order chi connectivity index (χ0) is 22.9. The molecule has 1 atom stereocenters. The van der Waals surface area contributed by atoms with Crippen LogP contribution in [0.2, 0.25) is 0 Å². The Morgan fingerprint density at radius 2 is 2.12 bits per heavy atom. The molecule has 0 unspecified atom stereocenters. The van der Waals surface area contributed by atoms with E-state index in [4.69, 9.17) is 10.5 Å². The van der Waals surface area contributed by atoms with E-state index >= 15 is 0 Å². The Hall–Kier alpha value is -3.78. The van der Waals surface area contributed by atoms with Crippen LogP contribution in [0.1, 0.15) is 22.4 Å². The van der Waals surface area contributed by atoms with Crippen LogP contribution >= 0.6 is 0 Å². The largest absolute Gasteiger partial charge is 0.453 e. The maximum atomic E-state index is 14.8. The number of pyridine rings is 2. The number of aromatic amines is 1. The molecule has 1 amide bonds. The smallest absolute Gasteiger partial charge is 0.240 e. The van der Waals surface area contributed by atoms with E-state index in [-0.39, 0.29) is 18.1 Å². The molecule has 0 saturated carbocycles. The summed E-state index contributed by atoms with van der Waals surface area (Å²) in [5.41, 5.74) is 10.6. The van der Waals surface area contributed by atoms with Gasteiger partial charge in [-0.05, 0) is 54.3 Å². The summed E-state index contributed by atoms with van der Waals surface area (Å²) in [6.07, 6.45) is 6.15. The lowest BCUT2D eigenvalue weighted by atomic mass is 10.0. The molecule has 5 rings (SSSR count). The zero-order valence-electron chi connectivity index (χ0n) is 18.2. The fourth-order valence-electron chi connectivity index (χ4n) is 4.27. The molecule has 0 fully saturated rings. The number of benzene rings is 1. The van der Waals surface area contributed by atoms with Crippen molar-refractivity contribution in [2.24, 2.45) is 5.73 Å². The standard InChI is InChI=1S/C25H24FN5O2/c1-15-13-30-24-23(15)22(6-9-29-24)33-21-5-4-16(11-18(21)26)12-19(27)25(32)31-10-7-20-17(14-31)3-2-8-28-20/h2-6,8-9,11,13,19H,7,10,12,14,27H2,1H3,(H,29,30)/t19-/m0/s1. The molecule has 4 heterocycles. The van der Waals surface area contributed by atoms with Gasteiger partial charge in [-0.3, -0.25) is 9.78 Å². The first-order valence-electron chi connectivity index (χ1n) is 10.9. The van der Waals surface area contributed by atoms with Crippen LogP contribution in [0.5, 0.6) is 11.5 Å². The number of ether oxygens (including phenoxy) is 1. The van der Waals surface area contributed by atoms with Crippen molar-refractivity contribution in [2.45, 2.75) is 32.4 Å². The molecule has 1 aliphatic heterocycles. The molecular formula is C25H24FN5O2. The summed E-state index contributed by atoms with van der Waals surface area (Å²) in [6.45, 7) is 3.01. The van der Waals surface area contributed by atoms with E-state index in [2.05, 4.69) is 15.0 Å². The quantitative estimate of drug-likeness (QED) is 0.489. The third-order valence-electron chi connectivity index (χ3n) is 6.00. The van der Waals surface area contributed by atoms with Gasteiger partial charge in [0.25, 0.3) is 0 Å². The number of hydrogen-bond donors (Lipinski definition) is 2. The lowest BCUT2D eigenvalue weighted by Crippen LogP contribution is -2.46. The second kappa shape index (κ2) is 8.63. The SMILES string of the molecule is Cc1c[nH]c2nccc(Oc3ccc(C[C@H](N)C(=O)N4CCc5ncccc5C4)cc3F)c12. The van der Waals surface area contributed by atoms with Gasteiger partial charge in [0.05, 0.1) is 11.4 Å². The van der Waals surface area contributed by atoms with Gasteiger partial charge in [-0.1, -0.05) is 12.1 Å². The van der Waals surface area contributed by atoms with E-state index in [1.54, 1.807) is 35.5 Å². The number of nitrogens with one attached hydrogen (secondary N) is 1. The average Bonchev–Trinajstić information content (AvgIpc) is 3.21. The molecule has 4 aromatic rings. The topological polar surface area (TPSA) is 97.1 Å². The van der Waals surface area contributed by atoms with E-state index in [0.29, 0.717) is 36.5 Å². The van der Waals surface area contributed by atoms with Crippen LogP contribution in [-0.2, 0) is 24.2 Å². The maximum Gasteiger partial charge on any atom is 0.240 e. The molecule has 33 heavy (non-hydrogen) atoms. The molecule has 1 aliphatic rings. The second-order valence-electron chi connectivity index (χ2n) is 8.30. The first-order chi connectivity index (χ1) is 16.0. The molecule has 0 aliphatic carbocycles. The minimum atomic E-state index is -0.753. The Morgan fingerprint density at radius 3 is 2.97 bits per heavy atom. The molecule has 168 valence electrons. The van der Waals surface area contributed by atoms with Gasteiger partial charge in [-0.2, -0.15) is 0 Å². The molecule has 3 aromatic heterocycles. The van der Waals surface area contributed by atoms with Crippen molar-refractivity contribution in [1.82, 2.24) is 19.9 Å². The highest BCUT2D eigenvalue weighted by Crippen LogP contribution is 2.32. The maximum absolute atomic E-state index is 14.8. The Bertz CT molecular complexity index is 1340. The van der Waals surface area contributed by atoms with E-state index < -0.39 is 11.9 Å². The van der Waals surface area contributed by atoms with Gasteiger partial charge >= 0.3 is 0 Å². The van der Waals surface area contributed by atoms with Gasteiger partial charge < -0.3 is 20.4 Å². The summed E-state index contributed by atoms with van der Waals surface area (Å²) >= 11 is 0. The summed E-state index contributed by atoms with van der Waals surface area (Å²) in [7, 11) is 0. The van der Waals surface area contributed by atoms with Crippen molar-refractivity contribution in [2.75, 3.05) is 6.54 Å². The number of aromatic nitrogens is 3. The third kappa shape index (κ3) is 4.17. The fourth-order valence-corrected chi connectivity index (χ4v) is 4.27. The second-order valence-corrected chi connectivity index (χ2v) is 8.30. The van der Waals surface area contributed by atoms with Gasteiger partial charge in [0.1, 0.15) is 11.4 Å². The first-order valence-corrected chi connectivity index (χ1v) is 10.9. The monoisotopic (exact) mass is 445 g/mol. The fraction of sp³-hybridized carbons (Fsp3) is 0.240. The Kier molecular flexibility index (Phi) is 5.51. The Balaban J connectivity index is 1.27. The number of amides is 1. The summed E-state index contributed by atoms with van der Waals surface area (Å²) in [6, 6.07) is 9.48. The van der Waals surface area contributed by atoms with Crippen LogP contribution in [0.15, 0.2) is 55.0 Å². The first kappa shape index (κ1) is 21.1. The highest BCUT2D eigenvalue weighted by Gasteiger charge is 2.26. The number of carbonyl (C=O) groups is 1. The van der Waals surface area contributed by atoms with Gasteiger partial charge in [0, 0.05) is 43.8 Å². The predicted octanol–water partition coefficient (Wildman–Crippen LogP) is 3.65. The minimum Gasteiger partial charge on any atom is -0.453 e. The highest BCUT2D eigenvalue weighted by molar-refractivity contribution is 5.86. The number of halogens is 1. The summed E-state index contributed by atoms with van der Waals surface area (Å²) in [4.78, 5) is 26.3. The number of H-pyrrole nitrogens is 1. The van der Waals surface area contributed by atoms with E-state index in [0.717, 1.165) is 22.2 Å². The van der Waals surface area contributed by atoms with Crippen molar-refractivity contribution in [1.29, 1.82) is 0 Å². The summed E-state index contributed by atoms with van der Waals surface area (Å²) in [5, 5.41) is 0.812. The zero-order valence-corrected chi connectivity index (χ0v) is 18.2. The number of fused-ring (bicyclic) bond motifs is 2. The molecule has 0 bridgehead atoms. The van der Waals surface area contributed by atoms with Crippen LogP contribution in [-0.4, -0.2) is 38.3 Å². The predicted molar refractivity (Wildman–Crippen MR) is 122 cm³/mol. The Labute approximate surface area is 190 Å². The van der Waals surface area contributed by atoms with Crippen LogP contribution in [0.25, 0.3) is 11.0 Å². The van der Waals surface area contributed by atoms with Crippen LogP contribution in [0.4, 0.5) is 4.39 Å².